The molecule has 46 heavy (non-hydrogen) atoms. The second-order valence-corrected chi connectivity index (χ2v) is 12.0. The standard InChI is InChI=1S/C36H35N5O5/c1-22-16-26-17-24(23-6-7-23)8-10-29(26)35(44)41(22)32-5-3-4-28(30(32)21-42)27-18-31(36(45)39(2)20-27)38-33-11-9-25(19-37-33)34(43)40-12-14-46-15-13-40/h3-5,8-11,16-20,23,42H,6-7,12-15,21H2,1-2H3,(H,37,38). The van der Waals surface area contributed by atoms with E-state index in [1.807, 2.05) is 43.3 Å². The number of carbonyl (C=O) groups is 1. The number of aliphatic hydroxyl groups excluding tert-OH is 1. The molecule has 10 nitrogen and oxygen atoms in total. The van der Waals surface area contributed by atoms with Gasteiger partial charge < -0.3 is 24.6 Å². The van der Waals surface area contributed by atoms with Crippen molar-refractivity contribution in [2.24, 2.45) is 7.05 Å². The van der Waals surface area contributed by atoms with Gasteiger partial charge in [0.15, 0.2) is 0 Å². The van der Waals surface area contributed by atoms with Crippen LogP contribution in [0.1, 0.15) is 45.9 Å². The molecule has 0 atom stereocenters. The summed E-state index contributed by atoms with van der Waals surface area (Å²) in [5.41, 5.74) is 4.87. The third kappa shape index (κ3) is 5.50. The number of fused-ring (bicyclic) bond motifs is 1. The zero-order valence-electron chi connectivity index (χ0n) is 25.8. The van der Waals surface area contributed by atoms with Gasteiger partial charge in [0.25, 0.3) is 17.0 Å². The molecule has 0 radical (unpaired) electrons. The van der Waals surface area contributed by atoms with Crippen LogP contribution in [0.25, 0.3) is 27.6 Å². The molecule has 4 heterocycles. The van der Waals surface area contributed by atoms with Gasteiger partial charge >= 0.3 is 0 Å². The minimum Gasteiger partial charge on any atom is -0.392 e. The number of ether oxygens (including phenoxy) is 1. The minimum absolute atomic E-state index is 0.111. The highest BCUT2D eigenvalue weighted by atomic mass is 16.5. The van der Waals surface area contributed by atoms with E-state index in [2.05, 4.69) is 16.4 Å². The maximum atomic E-state index is 13.9. The molecule has 2 N–H and O–H groups in total. The molecule has 234 valence electrons. The summed E-state index contributed by atoms with van der Waals surface area (Å²) in [4.78, 5) is 46.0. The van der Waals surface area contributed by atoms with Crippen molar-refractivity contribution >= 4 is 28.2 Å². The van der Waals surface area contributed by atoms with Crippen LogP contribution in [-0.2, 0) is 18.4 Å². The molecule has 7 rings (SSSR count). The Labute approximate surface area is 265 Å². The molecule has 0 unspecified atom stereocenters. The summed E-state index contributed by atoms with van der Waals surface area (Å²) < 4.78 is 8.45. The lowest BCUT2D eigenvalue weighted by Gasteiger charge is -2.26. The molecule has 1 aliphatic carbocycles. The van der Waals surface area contributed by atoms with Crippen LogP contribution in [0.3, 0.4) is 0 Å². The molecule has 1 amide bonds. The zero-order chi connectivity index (χ0) is 31.9. The number of hydrogen-bond donors (Lipinski definition) is 2. The lowest BCUT2D eigenvalue weighted by atomic mass is 9.98. The summed E-state index contributed by atoms with van der Waals surface area (Å²) >= 11 is 0. The Balaban J connectivity index is 1.23. The Kier molecular flexibility index (Phi) is 7.75. The van der Waals surface area contributed by atoms with Gasteiger partial charge in [0, 0.05) is 54.7 Å². The van der Waals surface area contributed by atoms with Gasteiger partial charge in [0.05, 0.1) is 31.1 Å². The van der Waals surface area contributed by atoms with Crippen LogP contribution in [0.5, 0.6) is 0 Å². The van der Waals surface area contributed by atoms with Gasteiger partial charge in [-0.3, -0.25) is 19.0 Å². The summed E-state index contributed by atoms with van der Waals surface area (Å²) in [6, 6.07) is 18.7. The lowest BCUT2D eigenvalue weighted by Crippen LogP contribution is -2.40. The average molecular weight is 618 g/mol. The van der Waals surface area contributed by atoms with Gasteiger partial charge in [-0.05, 0) is 78.6 Å². The molecule has 5 aromatic rings. The first-order valence-electron chi connectivity index (χ1n) is 15.5. The highest BCUT2D eigenvalue weighted by molar-refractivity contribution is 5.94. The van der Waals surface area contributed by atoms with Crippen molar-refractivity contribution in [3.63, 3.8) is 0 Å². The quantitative estimate of drug-likeness (QED) is 0.273. The summed E-state index contributed by atoms with van der Waals surface area (Å²) in [5.74, 6) is 0.887. The molecule has 1 aliphatic heterocycles. The fourth-order valence-corrected chi connectivity index (χ4v) is 6.29. The van der Waals surface area contributed by atoms with Gasteiger partial charge in [-0.15, -0.1) is 0 Å². The molecule has 1 saturated carbocycles. The first kappa shape index (κ1) is 29.6. The molecule has 2 fully saturated rings. The molecular weight excluding hydrogens is 582 g/mol. The SMILES string of the molecule is Cc1cc2cc(C3CC3)ccc2c(=O)n1-c1cccc(-c2cc(Nc3ccc(C(=O)N4CCOCC4)cn3)c(=O)n(C)c2)c1CO. The van der Waals surface area contributed by atoms with E-state index in [0.29, 0.717) is 71.4 Å². The van der Waals surface area contributed by atoms with Crippen LogP contribution < -0.4 is 16.4 Å². The normalized spacial score (nSPS) is 14.9. The van der Waals surface area contributed by atoms with Crippen molar-refractivity contribution in [2.45, 2.75) is 32.3 Å². The maximum absolute atomic E-state index is 13.9. The summed E-state index contributed by atoms with van der Waals surface area (Å²) in [6.07, 6.45) is 5.59. The Bertz CT molecular complexity index is 2090. The number of nitrogens with one attached hydrogen (secondary N) is 1. The summed E-state index contributed by atoms with van der Waals surface area (Å²) in [5, 5.41) is 15.3. The molecule has 2 aromatic carbocycles. The largest absolute Gasteiger partial charge is 0.392 e. The highest BCUT2D eigenvalue weighted by Gasteiger charge is 2.24. The van der Waals surface area contributed by atoms with Crippen LogP contribution in [-0.4, -0.2) is 56.3 Å². The van der Waals surface area contributed by atoms with Gasteiger partial charge in [-0.25, -0.2) is 4.98 Å². The molecule has 0 bridgehead atoms. The van der Waals surface area contributed by atoms with Crippen LogP contribution in [0, 0.1) is 6.92 Å². The van der Waals surface area contributed by atoms with E-state index in [9.17, 15) is 19.5 Å². The summed E-state index contributed by atoms with van der Waals surface area (Å²) in [7, 11) is 1.66. The van der Waals surface area contributed by atoms with E-state index >= 15 is 0 Å². The van der Waals surface area contributed by atoms with Crippen LogP contribution in [0.4, 0.5) is 11.5 Å². The molecule has 10 heteroatoms. The lowest BCUT2D eigenvalue weighted by molar-refractivity contribution is 0.0302. The van der Waals surface area contributed by atoms with Crippen molar-refractivity contribution in [3.05, 3.63) is 116 Å². The number of hydrogen-bond acceptors (Lipinski definition) is 7. The van der Waals surface area contributed by atoms with Crippen LogP contribution in [0.2, 0.25) is 0 Å². The topological polar surface area (TPSA) is 119 Å². The average Bonchev–Trinajstić information content (AvgIpc) is 3.93. The van der Waals surface area contributed by atoms with Crippen molar-refractivity contribution in [2.75, 3.05) is 31.6 Å². The van der Waals surface area contributed by atoms with Gasteiger partial charge in [-0.2, -0.15) is 0 Å². The Morgan fingerprint density at radius 1 is 1.02 bits per heavy atom. The number of amides is 1. The molecule has 0 spiro atoms. The number of aliphatic hydroxyl groups is 1. The highest BCUT2D eigenvalue weighted by Crippen LogP contribution is 2.41. The smallest absolute Gasteiger partial charge is 0.274 e. The zero-order valence-corrected chi connectivity index (χ0v) is 25.8. The van der Waals surface area contributed by atoms with Gasteiger partial charge in [-0.1, -0.05) is 24.3 Å². The van der Waals surface area contributed by atoms with Gasteiger partial charge in [0.2, 0.25) is 0 Å². The van der Waals surface area contributed by atoms with E-state index in [1.165, 1.54) is 29.2 Å². The predicted octanol–water partition coefficient (Wildman–Crippen LogP) is 4.65. The fraction of sp³-hybridized carbons (Fsp3) is 0.278. The third-order valence-corrected chi connectivity index (χ3v) is 8.89. The number of aromatic nitrogens is 3. The van der Waals surface area contributed by atoms with Crippen molar-refractivity contribution in [3.8, 4) is 16.8 Å². The number of carbonyl (C=O) groups excluding carboxylic acids is 1. The van der Waals surface area contributed by atoms with E-state index in [4.69, 9.17) is 4.74 Å². The van der Waals surface area contributed by atoms with Crippen molar-refractivity contribution in [1.29, 1.82) is 0 Å². The molecular formula is C36H35N5O5. The molecule has 2 aliphatic rings. The maximum Gasteiger partial charge on any atom is 0.274 e. The first-order valence-corrected chi connectivity index (χ1v) is 15.5. The Morgan fingerprint density at radius 3 is 2.54 bits per heavy atom. The van der Waals surface area contributed by atoms with E-state index in [1.54, 1.807) is 40.9 Å². The minimum atomic E-state index is -0.318. The monoisotopic (exact) mass is 617 g/mol. The van der Waals surface area contributed by atoms with Crippen LogP contribution >= 0.6 is 0 Å². The first-order chi connectivity index (χ1) is 22.3. The predicted molar refractivity (Wildman–Crippen MR) is 177 cm³/mol. The Hall–Kier alpha value is -5.06. The number of nitrogens with zero attached hydrogens (tertiary/aromatic N) is 4. The van der Waals surface area contributed by atoms with E-state index < -0.39 is 0 Å². The van der Waals surface area contributed by atoms with Gasteiger partial charge in [0.1, 0.15) is 11.5 Å². The van der Waals surface area contributed by atoms with Crippen LogP contribution in [0.15, 0.2) is 82.6 Å². The van der Waals surface area contributed by atoms with Crippen molar-refractivity contribution < 1.29 is 14.6 Å². The van der Waals surface area contributed by atoms with E-state index in [-0.39, 0.29) is 29.3 Å². The van der Waals surface area contributed by atoms with Crippen molar-refractivity contribution in [1.82, 2.24) is 19.0 Å². The number of rotatable bonds is 7. The number of anilines is 2. The number of benzene rings is 2. The van der Waals surface area contributed by atoms with E-state index in [0.717, 1.165) is 11.1 Å². The molecule has 3 aromatic heterocycles. The number of pyridine rings is 3. The Morgan fingerprint density at radius 2 is 1.83 bits per heavy atom. The number of aryl methyl sites for hydroxylation is 2. The third-order valence-electron chi connectivity index (χ3n) is 8.89. The summed E-state index contributed by atoms with van der Waals surface area (Å²) in [6.45, 7) is 3.68. The fourth-order valence-electron chi connectivity index (χ4n) is 6.29. The second kappa shape index (κ2) is 12.0. The molecule has 1 saturated heterocycles. The number of morpholine rings is 1. The second-order valence-electron chi connectivity index (χ2n) is 12.0.